The Kier molecular flexibility index (Phi) is 4.84. The Balaban J connectivity index is 1.33. The fourth-order valence-corrected chi connectivity index (χ4v) is 4.93. The van der Waals surface area contributed by atoms with Crippen LogP contribution < -0.4 is 14.8 Å². The van der Waals surface area contributed by atoms with Gasteiger partial charge in [0.2, 0.25) is 0 Å². The molecule has 25 heavy (non-hydrogen) atoms. The highest BCUT2D eigenvalue weighted by Gasteiger charge is 2.56. The zero-order valence-electron chi connectivity index (χ0n) is 14.8. The summed E-state index contributed by atoms with van der Waals surface area (Å²) in [5, 5.41) is 3.24. The Morgan fingerprint density at radius 2 is 2.04 bits per heavy atom. The number of amides is 1. The van der Waals surface area contributed by atoms with E-state index < -0.39 is 0 Å². The molecular weight excluding hydrogens is 318 g/mol. The summed E-state index contributed by atoms with van der Waals surface area (Å²) in [5.74, 6) is 3.04. The highest BCUT2D eigenvalue weighted by atomic mass is 16.5. The van der Waals surface area contributed by atoms with Crippen LogP contribution in [0.2, 0.25) is 0 Å². The molecule has 0 bridgehead atoms. The van der Waals surface area contributed by atoms with Gasteiger partial charge in [-0.3, -0.25) is 4.79 Å². The lowest BCUT2D eigenvalue weighted by Gasteiger charge is -2.50. The zero-order chi connectivity index (χ0) is 17.2. The van der Waals surface area contributed by atoms with Crippen molar-refractivity contribution in [1.29, 1.82) is 0 Å². The molecule has 4 rings (SSSR count). The van der Waals surface area contributed by atoms with Crippen molar-refractivity contribution in [3.05, 3.63) is 24.3 Å². The van der Waals surface area contributed by atoms with Gasteiger partial charge in [-0.25, -0.2) is 0 Å². The highest BCUT2D eigenvalue weighted by molar-refractivity contribution is 5.78. The minimum Gasteiger partial charge on any atom is -0.497 e. The summed E-state index contributed by atoms with van der Waals surface area (Å²) < 4.78 is 16.8. The lowest BCUT2D eigenvalue weighted by molar-refractivity contribution is -0.131. The summed E-state index contributed by atoms with van der Waals surface area (Å²) in [6, 6.07) is 7.60. The van der Waals surface area contributed by atoms with E-state index in [9.17, 15) is 4.79 Å². The van der Waals surface area contributed by atoms with Crippen molar-refractivity contribution in [2.45, 2.75) is 44.2 Å². The molecule has 0 spiro atoms. The van der Waals surface area contributed by atoms with Crippen LogP contribution in [0.1, 0.15) is 32.1 Å². The van der Waals surface area contributed by atoms with E-state index in [1.54, 1.807) is 13.2 Å². The number of nitrogens with one attached hydrogen (secondary N) is 1. The number of hydrogen-bond acceptors (Lipinski definition) is 4. The van der Waals surface area contributed by atoms with Crippen molar-refractivity contribution in [3.63, 3.8) is 0 Å². The molecule has 136 valence electrons. The maximum Gasteiger partial charge on any atom is 0.258 e. The van der Waals surface area contributed by atoms with E-state index in [2.05, 4.69) is 5.32 Å². The van der Waals surface area contributed by atoms with Gasteiger partial charge in [-0.2, -0.15) is 0 Å². The van der Waals surface area contributed by atoms with Gasteiger partial charge in [0.1, 0.15) is 11.5 Å². The molecule has 0 aromatic heterocycles. The predicted molar refractivity (Wildman–Crippen MR) is 93.7 cm³/mol. The minimum atomic E-state index is -0.0406. The number of carbonyl (C=O) groups is 1. The van der Waals surface area contributed by atoms with Crippen LogP contribution in [-0.4, -0.2) is 38.4 Å². The fourth-order valence-electron chi connectivity index (χ4n) is 4.93. The van der Waals surface area contributed by atoms with E-state index in [1.807, 2.05) is 18.2 Å². The molecule has 3 fully saturated rings. The van der Waals surface area contributed by atoms with E-state index >= 15 is 0 Å². The van der Waals surface area contributed by atoms with Gasteiger partial charge in [0, 0.05) is 30.6 Å². The average Bonchev–Trinajstić information content (AvgIpc) is 3.29. The maximum atomic E-state index is 12.4. The van der Waals surface area contributed by atoms with Crippen LogP contribution in [0.5, 0.6) is 11.5 Å². The zero-order valence-corrected chi connectivity index (χ0v) is 14.8. The van der Waals surface area contributed by atoms with E-state index in [0.29, 0.717) is 29.6 Å². The predicted octanol–water partition coefficient (Wildman–Crippen LogP) is 2.78. The highest BCUT2D eigenvalue weighted by Crippen LogP contribution is 2.51. The first-order valence-electron chi connectivity index (χ1n) is 9.44. The number of ether oxygens (including phenoxy) is 3. The number of carbonyl (C=O) groups excluding carboxylic acids is 1. The average molecular weight is 345 g/mol. The van der Waals surface area contributed by atoms with E-state index in [4.69, 9.17) is 14.2 Å². The molecule has 4 atom stereocenters. The van der Waals surface area contributed by atoms with Crippen LogP contribution in [0.4, 0.5) is 0 Å². The first-order valence-corrected chi connectivity index (χ1v) is 9.44. The van der Waals surface area contributed by atoms with Crippen molar-refractivity contribution < 1.29 is 19.0 Å². The summed E-state index contributed by atoms with van der Waals surface area (Å²) in [6.45, 7) is 0.879. The summed E-state index contributed by atoms with van der Waals surface area (Å²) in [4.78, 5) is 12.4. The summed E-state index contributed by atoms with van der Waals surface area (Å²) in [7, 11) is 1.62. The molecule has 0 unspecified atom stereocenters. The van der Waals surface area contributed by atoms with E-state index in [0.717, 1.165) is 18.8 Å². The van der Waals surface area contributed by atoms with Crippen molar-refractivity contribution in [2.75, 3.05) is 20.3 Å². The van der Waals surface area contributed by atoms with Gasteiger partial charge in [0.25, 0.3) is 5.91 Å². The van der Waals surface area contributed by atoms with Crippen molar-refractivity contribution in [3.8, 4) is 11.5 Å². The molecule has 0 radical (unpaired) electrons. The summed E-state index contributed by atoms with van der Waals surface area (Å²) in [5.41, 5.74) is 0. The smallest absolute Gasteiger partial charge is 0.258 e. The molecule has 5 heteroatoms. The van der Waals surface area contributed by atoms with Gasteiger partial charge in [-0.05, 0) is 24.5 Å². The molecule has 1 amide bonds. The monoisotopic (exact) mass is 345 g/mol. The second-order valence-corrected chi connectivity index (χ2v) is 7.47. The van der Waals surface area contributed by atoms with Crippen LogP contribution >= 0.6 is 0 Å². The van der Waals surface area contributed by atoms with Crippen molar-refractivity contribution in [1.82, 2.24) is 5.32 Å². The van der Waals surface area contributed by atoms with Crippen molar-refractivity contribution >= 4 is 5.91 Å². The Bertz CT molecular complexity index is 609. The number of fused-ring (bicyclic) bond motifs is 1. The third-order valence-electron chi connectivity index (χ3n) is 6.12. The molecule has 1 heterocycles. The topological polar surface area (TPSA) is 56.8 Å². The molecule has 2 saturated carbocycles. The minimum absolute atomic E-state index is 0.0406. The van der Waals surface area contributed by atoms with Gasteiger partial charge in [0.15, 0.2) is 6.61 Å². The summed E-state index contributed by atoms with van der Waals surface area (Å²) >= 11 is 0. The lowest BCUT2D eigenvalue weighted by atomic mass is 9.61. The third-order valence-corrected chi connectivity index (χ3v) is 6.12. The number of hydrogen-bond donors (Lipinski definition) is 1. The first kappa shape index (κ1) is 16.7. The number of benzene rings is 1. The van der Waals surface area contributed by atoms with Gasteiger partial charge in [-0.1, -0.05) is 31.7 Å². The van der Waals surface area contributed by atoms with Crippen LogP contribution in [0.3, 0.4) is 0 Å². The lowest BCUT2D eigenvalue weighted by Crippen LogP contribution is -2.63. The molecule has 1 aliphatic heterocycles. The van der Waals surface area contributed by atoms with Gasteiger partial charge in [0.05, 0.1) is 13.2 Å². The van der Waals surface area contributed by atoms with Crippen LogP contribution in [0.15, 0.2) is 24.3 Å². The largest absolute Gasteiger partial charge is 0.497 e. The SMILES string of the molecule is COc1cccc(OCC(=O)N[C@@H]2[C@@H]3CCO[C@@H]3[C@@H]2C2CCCC2)c1. The maximum absolute atomic E-state index is 12.4. The Morgan fingerprint density at radius 1 is 1.24 bits per heavy atom. The van der Waals surface area contributed by atoms with Crippen LogP contribution in [0, 0.1) is 17.8 Å². The molecule has 1 saturated heterocycles. The molecule has 1 N–H and O–H groups in total. The van der Waals surface area contributed by atoms with Gasteiger partial charge < -0.3 is 19.5 Å². The standard InChI is InChI=1S/C20H27NO4/c1-23-14-7-4-8-15(11-14)25-12-17(22)21-19-16-9-10-24-20(16)18(19)13-5-2-3-6-13/h4,7-8,11,13,16,18-20H,2-3,5-6,9-10,12H2,1H3,(H,21,22)/t16-,18+,19+,20-/m0/s1. The van der Waals surface area contributed by atoms with Gasteiger partial charge in [-0.15, -0.1) is 0 Å². The molecule has 3 aliphatic rings. The molecule has 5 nitrogen and oxygen atoms in total. The Hall–Kier alpha value is -1.75. The van der Waals surface area contributed by atoms with E-state index in [-0.39, 0.29) is 18.6 Å². The van der Waals surface area contributed by atoms with Crippen molar-refractivity contribution in [2.24, 2.45) is 17.8 Å². The molecule has 1 aromatic carbocycles. The fraction of sp³-hybridized carbons (Fsp3) is 0.650. The number of rotatable bonds is 6. The second-order valence-electron chi connectivity index (χ2n) is 7.47. The molecule has 1 aromatic rings. The number of methoxy groups -OCH3 is 1. The Morgan fingerprint density at radius 3 is 2.84 bits per heavy atom. The quantitative estimate of drug-likeness (QED) is 0.861. The Labute approximate surface area is 149 Å². The first-order chi connectivity index (χ1) is 12.3. The van der Waals surface area contributed by atoms with E-state index in [1.165, 1.54) is 25.7 Å². The van der Waals surface area contributed by atoms with Crippen LogP contribution in [0.25, 0.3) is 0 Å². The van der Waals surface area contributed by atoms with Crippen LogP contribution in [-0.2, 0) is 9.53 Å². The van der Waals surface area contributed by atoms with Gasteiger partial charge >= 0.3 is 0 Å². The molecular formula is C20H27NO4. The second kappa shape index (κ2) is 7.24. The third kappa shape index (κ3) is 3.34. The summed E-state index contributed by atoms with van der Waals surface area (Å²) in [6.07, 6.45) is 6.63. The normalized spacial score (nSPS) is 31.2. The molecule has 2 aliphatic carbocycles.